The molecular formula is C21H32N2O2. The van der Waals surface area contributed by atoms with Crippen LogP contribution < -0.4 is 5.73 Å². The van der Waals surface area contributed by atoms with Crippen LogP contribution in [0.1, 0.15) is 69.4 Å². The van der Waals surface area contributed by atoms with Crippen molar-refractivity contribution >= 4 is 11.7 Å². The van der Waals surface area contributed by atoms with Crippen LogP contribution >= 0.6 is 0 Å². The fourth-order valence-corrected chi connectivity index (χ4v) is 3.57. The molecule has 0 saturated heterocycles. The monoisotopic (exact) mass is 344 g/mol. The van der Waals surface area contributed by atoms with Crippen LogP contribution in [0.5, 0.6) is 0 Å². The standard InChI is InChI=1S/C21H32N2O2/c1-3-5-11-23(12-6-4-2)15-16-7-9-17(10-8-16)19-13-18(21(22)25)14-20(19)24/h7-10,18-19H,3-6,11-15H2,1-2H3,(H2,22,25)/t18-,19+/m0/s1. The zero-order valence-electron chi connectivity index (χ0n) is 15.7. The Bertz CT molecular complexity index is 560. The van der Waals surface area contributed by atoms with Crippen molar-refractivity contribution in [2.45, 2.75) is 64.8 Å². The third kappa shape index (κ3) is 5.67. The first-order valence-electron chi connectivity index (χ1n) is 9.68. The third-order valence-electron chi connectivity index (χ3n) is 5.20. The van der Waals surface area contributed by atoms with E-state index in [1.54, 1.807) is 0 Å². The predicted octanol–water partition coefficient (Wildman–Crippen LogP) is 3.64. The van der Waals surface area contributed by atoms with Gasteiger partial charge in [0.05, 0.1) is 0 Å². The van der Waals surface area contributed by atoms with Crippen molar-refractivity contribution in [3.8, 4) is 0 Å². The Labute approximate surface area is 151 Å². The molecule has 138 valence electrons. The lowest BCUT2D eigenvalue weighted by Gasteiger charge is -2.22. The van der Waals surface area contributed by atoms with Crippen molar-refractivity contribution < 1.29 is 9.59 Å². The van der Waals surface area contributed by atoms with Crippen LogP contribution in [0.4, 0.5) is 0 Å². The summed E-state index contributed by atoms with van der Waals surface area (Å²) in [7, 11) is 0. The molecule has 1 aliphatic rings. The number of amides is 1. The highest BCUT2D eigenvalue weighted by molar-refractivity contribution is 5.94. The topological polar surface area (TPSA) is 63.4 Å². The normalized spacial score (nSPS) is 20.4. The molecule has 0 bridgehead atoms. The first kappa shape index (κ1) is 19.6. The second kappa shape index (κ2) is 9.71. The fourth-order valence-electron chi connectivity index (χ4n) is 3.57. The number of unbranched alkanes of at least 4 members (excludes halogenated alkanes) is 2. The SMILES string of the molecule is CCCCN(CCCC)Cc1ccc([C@H]2C[C@H](C(N)=O)CC2=O)cc1. The number of benzene rings is 1. The Morgan fingerprint density at radius 3 is 2.20 bits per heavy atom. The molecule has 0 aromatic heterocycles. The van der Waals surface area contributed by atoms with Crippen LogP contribution in [0, 0.1) is 5.92 Å². The van der Waals surface area contributed by atoms with Gasteiger partial charge < -0.3 is 5.73 Å². The Kier molecular flexibility index (Phi) is 7.63. The number of Topliss-reactive ketones (excluding diaryl/α,β-unsaturated/α-hetero) is 1. The number of hydrogen-bond acceptors (Lipinski definition) is 3. The minimum absolute atomic E-state index is 0.143. The minimum Gasteiger partial charge on any atom is -0.369 e. The van der Waals surface area contributed by atoms with Crippen LogP contribution in [0.2, 0.25) is 0 Å². The summed E-state index contributed by atoms with van der Waals surface area (Å²) in [5, 5.41) is 0. The second-order valence-electron chi connectivity index (χ2n) is 7.28. The maximum Gasteiger partial charge on any atom is 0.221 e. The van der Waals surface area contributed by atoms with E-state index in [2.05, 4.69) is 43.0 Å². The highest BCUT2D eigenvalue weighted by atomic mass is 16.1. The maximum atomic E-state index is 12.2. The molecule has 0 heterocycles. The van der Waals surface area contributed by atoms with Gasteiger partial charge in [-0.05, 0) is 43.5 Å². The van der Waals surface area contributed by atoms with Crippen molar-refractivity contribution in [1.29, 1.82) is 0 Å². The summed E-state index contributed by atoms with van der Waals surface area (Å²) in [6.45, 7) is 7.69. The number of hydrogen-bond donors (Lipinski definition) is 1. The van der Waals surface area contributed by atoms with Gasteiger partial charge in [-0.1, -0.05) is 51.0 Å². The van der Waals surface area contributed by atoms with Crippen LogP contribution in [-0.2, 0) is 16.1 Å². The summed E-state index contributed by atoms with van der Waals surface area (Å²) in [6, 6.07) is 8.37. The van der Waals surface area contributed by atoms with Crippen LogP contribution in [0.25, 0.3) is 0 Å². The van der Waals surface area contributed by atoms with Crippen LogP contribution in [0.3, 0.4) is 0 Å². The maximum absolute atomic E-state index is 12.2. The van der Waals surface area contributed by atoms with E-state index < -0.39 is 0 Å². The molecule has 0 spiro atoms. The van der Waals surface area contributed by atoms with Gasteiger partial charge in [0, 0.05) is 24.8 Å². The number of carbonyl (C=O) groups excluding carboxylic acids is 2. The summed E-state index contributed by atoms with van der Waals surface area (Å²) in [6.07, 6.45) is 5.74. The molecule has 4 heteroatoms. The quantitative estimate of drug-likeness (QED) is 0.705. The average molecular weight is 344 g/mol. The lowest BCUT2D eigenvalue weighted by atomic mass is 9.94. The van der Waals surface area contributed by atoms with E-state index >= 15 is 0 Å². The van der Waals surface area contributed by atoms with Crippen molar-refractivity contribution in [2.75, 3.05) is 13.1 Å². The summed E-state index contributed by atoms with van der Waals surface area (Å²) < 4.78 is 0. The molecule has 0 aliphatic heterocycles. The van der Waals surface area contributed by atoms with Crippen molar-refractivity contribution in [3.63, 3.8) is 0 Å². The highest BCUT2D eigenvalue weighted by Gasteiger charge is 2.36. The Balaban J connectivity index is 1.98. The molecular weight excluding hydrogens is 312 g/mol. The van der Waals surface area contributed by atoms with Gasteiger partial charge in [0.2, 0.25) is 5.91 Å². The lowest BCUT2D eigenvalue weighted by molar-refractivity contribution is -0.124. The average Bonchev–Trinajstić information content (AvgIpc) is 3.00. The Hall–Kier alpha value is -1.68. The van der Waals surface area contributed by atoms with Crippen LogP contribution in [0.15, 0.2) is 24.3 Å². The van der Waals surface area contributed by atoms with E-state index in [1.807, 2.05) is 0 Å². The second-order valence-corrected chi connectivity index (χ2v) is 7.28. The number of carbonyl (C=O) groups is 2. The largest absolute Gasteiger partial charge is 0.369 e. The van der Waals surface area contributed by atoms with Gasteiger partial charge in [0.1, 0.15) is 5.78 Å². The number of rotatable bonds is 10. The molecule has 0 radical (unpaired) electrons. The molecule has 2 atom stereocenters. The molecule has 1 fully saturated rings. The predicted molar refractivity (Wildman–Crippen MR) is 101 cm³/mol. The first-order chi connectivity index (χ1) is 12.0. The molecule has 2 N–H and O–H groups in total. The van der Waals surface area contributed by atoms with Crippen molar-refractivity contribution in [2.24, 2.45) is 11.7 Å². The van der Waals surface area contributed by atoms with E-state index in [-0.39, 0.29) is 23.5 Å². The summed E-state index contributed by atoms with van der Waals surface area (Å²) in [5.74, 6) is -0.669. The van der Waals surface area contributed by atoms with Crippen LogP contribution in [-0.4, -0.2) is 29.7 Å². The lowest BCUT2D eigenvalue weighted by Crippen LogP contribution is -2.25. The minimum atomic E-state index is -0.352. The number of ketones is 1. The first-order valence-corrected chi connectivity index (χ1v) is 9.68. The smallest absolute Gasteiger partial charge is 0.221 e. The van der Waals surface area contributed by atoms with Gasteiger partial charge >= 0.3 is 0 Å². The van der Waals surface area contributed by atoms with E-state index in [0.29, 0.717) is 12.8 Å². The fraction of sp³-hybridized carbons (Fsp3) is 0.619. The molecule has 1 aliphatic carbocycles. The number of primary amides is 1. The van der Waals surface area contributed by atoms with E-state index in [4.69, 9.17) is 5.73 Å². The Morgan fingerprint density at radius 2 is 1.72 bits per heavy atom. The summed E-state index contributed by atoms with van der Waals surface area (Å²) >= 11 is 0. The summed E-state index contributed by atoms with van der Waals surface area (Å²) in [4.78, 5) is 26.0. The number of nitrogens with two attached hydrogens (primary N) is 1. The van der Waals surface area contributed by atoms with Gasteiger partial charge in [-0.2, -0.15) is 0 Å². The zero-order chi connectivity index (χ0) is 18.2. The molecule has 4 nitrogen and oxygen atoms in total. The number of nitrogens with zero attached hydrogens (tertiary/aromatic N) is 1. The van der Waals surface area contributed by atoms with Gasteiger partial charge in [-0.3, -0.25) is 14.5 Å². The van der Waals surface area contributed by atoms with Crippen molar-refractivity contribution in [1.82, 2.24) is 4.90 Å². The molecule has 1 aromatic rings. The Morgan fingerprint density at radius 1 is 1.12 bits per heavy atom. The zero-order valence-corrected chi connectivity index (χ0v) is 15.7. The molecule has 2 rings (SSSR count). The summed E-state index contributed by atoms with van der Waals surface area (Å²) in [5.41, 5.74) is 7.67. The molecule has 25 heavy (non-hydrogen) atoms. The third-order valence-corrected chi connectivity index (χ3v) is 5.20. The van der Waals surface area contributed by atoms with E-state index in [0.717, 1.165) is 25.2 Å². The highest BCUT2D eigenvalue weighted by Crippen LogP contribution is 2.35. The van der Waals surface area contributed by atoms with Gasteiger partial charge in [-0.15, -0.1) is 0 Å². The van der Waals surface area contributed by atoms with E-state index in [1.165, 1.54) is 31.2 Å². The van der Waals surface area contributed by atoms with Gasteiger partial charge in [-0.25, -0.2) is 0 Å². The van der Waals surface area contributed by atoms with Gasteiger partial charge in [0.25, 0.3) is 0 Å². The molecule has 1 saturated carbocycles. The molecule has 1 amide bonds. The molecule has 1 aromatic carbocycles. The van der Waals surface area contributed by atoms with E-state index in [9.17, 15) is 9.59 Å². The van der Waals surface area contributed by atoms with Crippen molar-refractivity contribution in [3.05, 3.63) is 35.4 Å². The van der Waals surface area contributed by atoms with Gasteiger partial charge in [0.15, 0.2) is 0 Å². The molecule has 0 unspecified atom stereocenters.